The SMILES string of the molecule is COc1cnc(C(N)=O)cc1C=CC1CCC(C(F)(F)F)CC1. The molecule has 4 nitrogen and oxygen atoms in total. The molecule has 0 radical (unpaired) electrons. The molecule has 0 aromatic carbocycles. The lowest BCUT2D eigenvalue weighted by Crippen LogP contribution is -2.27. The van der Waals surface area contributed by atoms with E-state index in [1.165, 1.54) is 19.4 Å². The fourth-order valence-electron chi connectivity index (χ4n) is 2.77. The molecule has 0 bridgehead atoms. The number of allylic oxidation sites excluding steroid dienone is 1. The summed E-state index contributed by atoms with van der Waals surface area (Å²) in [5.41, 5.74) is 5.95. The minimum Gasteiger partial charge on any atom is -0.495 e. The number of ether oxygens (including phenoxy) is 1. The van der Waals surface area contributed by atoms with Crippen LogP contribution in [0, 0.1) is 11.8 Å². The van der Waals surface area contributed by atoms with Gasteiger partial charge >= 0.3 is 6.18 Å². The molecule has 1 aromatic rings. The highest BCUT2D eigenvalue weighted by atomic mass is 19.4. The molecular weight excluding hydrogens is 309 g/mol. The van der Waals surface area contributed by atoms with Crippen LogP contribution in [0.2, 0.25) is 0 Å². The van der Waals surface area contributed by atoms with E-state index in [1.54, 1.807) is 6.08 Å². The number of carbonyl (C=O) groups excluding carboxylic acids is 1. The van der Waals surface area contributed by atoms with E-state index in [-0.39, 0.29) is 24.5 Å². The van der Waals surface area contributed by atoms with Crippen LogP contribution in [0.5, 0.6) is 5.75 Å². The fraction of sp³-hybridized carbons (Fsp3) is 0.500. The maximum Gasteiger partial charge on any atom is 0.391 e. The van der Waals surface area contributed by atoms with Crippen LogP contribution < -0.4 is 10.5 Å². The number of pyridine rings is 1. The predicted octanol–water partition coefficient (Wildman–Crippen LogP) is 3.57. The number of amides is 1. The van der Waals surface area contributed by atoms with Crippen molar-refractivity contribution in [3.63, 3.8) is 0 Å². The average Bonchev–Trinajstić information content (AvgIpc) is 2.52. The molecule has 1 heterocycles. The molecule has 1 aliphatic carbocycles. The monoisotopic (exact) mass is 328 g/mol. The molecular formula is C16H19F3N2O2. The molecule has 1 amide bonds. The van der Waals surface area contributed by atoms with Crippen LogP contribution in [0.15, 0.2) is 18.3 Å². The Kier molecular flexibility index (Phi) is 5.28. The zero-order chi connectivity index (χ0) is 17.0. The summed E-state index contributed by atoms with van der Waals surface area (Å²) in [5.74, 6) is -1.27. The van der Waals surface area contributed by atoms with E-state index < -0.39 is 18.0 Å². The second kappa shape index (κ2) is 7.02. The number of alkyl halides is 3. The predicted molar refractivity (Wildman–Crippen MR) is 79.8 cm³/mol. The van der Waals surface area contributed by atoms with Crippen molar-refractivity contribution < 1.29 is 22.7 Å². The molecule has 2 rings (SSSR count). The van der Waals surface area contributed by atoms with Gasteiger partial charge in [0.2, 0.25) is 0 Å². The van der Waals surface area contributed by atoms with Crippen LogP contribution in [0.25, 0.3) is 6.08 Å². The fourth-order valence-corrected chi connectivity index (χ4v) is 2.77. The summed E-state index contributed by atoms with van der Waals surface area (Å²) in [6.07, 6.45) is 2.23. The van der Waals surface area contributed by atoms with Crippen LogP contribution >= 0.6 is 0 Å². The van der Waals surface area contributed by atoms with Crippen LogP contribution in [0.4, 0.5) is 13.2 Å². The Hall–Kier alpha value is -2.05. The number of nitrogens with zero attached hydrogens (tertiary/aromatic N) is 1. The smallest absolute Gasteiger partial charge is 0.391 e. The number of carbonyl (C=O) groups is 1. The quantitative estimate of drug-likeness (QED) is 0.919. The summed E-state index contributed by atoms with van der Waals surface area (Å²) in [6.45, 7) is 0. The van der Waals surface area contributed by atoms with Gasteiger partial charge in [-0.15, -0.1) is 0 Å². The molecule has 0 aliphatic heterocycles. The van der Waals surface area contributed by atoms with Crippen molar-refractivity contribution in [2.45, 2.75) is 31.9 Å². The van der Waals surface area contributed by atoms with Gasteiger partial charge in [-0.2, -0.15) is 13.2 Å². The first-order valence-corrected chi connectivity index (χ1v) is 7.40. The Morgan fingerprint density at radius 1 is 1.35 bits per heavy atom. The minimum atomic E-state index is -4.10. The van der Waals surface area contributed by atoms with E-state index in [2.05, 4.69) is 4.98 Å². The van der Waals surface area contributed by atoms with Crippen molar-refractivity contribution in [2.24, 2.45) is 17.6 Å². The molecule has 0 spiro atoms. The van der Waals surface area contributed by atoms with Gasteiger partial charge in [0.25, 0.3) is 5.91 Å². The normalized spacial score (nSPS) is 22.3. The lowest BCUT2D eigenvalue weighted by atomic mass is 9.81. The molecule has 1 saturated carbocycles. The highest BCUT2D eigenvalue weighted by Crippen LogP contribution is 2.40. The maximum absolute atomic E-state index is 12.7. The second-order valence-electron chi connectivity index (χ2n) is 5.69. The third kappa shape index (κ3) is 4.46. The number of rotatable bonds is 4. The number of aromatic nitrogens is 1. The van der Waals surface area contributed by atoms with Gasteiger partial charge < -0.3 is 10.5 Å². The van der Waals surface area contributed by atoms with Crippen molar-refractivity contribution in [1.29, 1.82) is 0 Å². The number of primary amides is 1. The number of nitrogens with two attached hydrogens (primary N) is 1. The van der Waals surface area contributed by atoms with E-state index >= 15 is 0 Å². The molecule has 1 fully saturated rings. The van der Waals surface area contributed by atoms with Crippen molar-refractivity contribution in [1.82, 2.24) is 4.98 Å². The molecule has 7 heteroatoms. The van der Waals surface area contributed by atoms with Gasteiger partial charge in [-0.05, 0) is 37.7 Å². The van der Waals surface area contributed by atoms with E-state index in [0.717, 1.165) is 0 Å². The zero-order valence-corrected chi connectivity index (χ0v) is 12.8. The van der Waals surface area contributed by atoms with E-state index in [9.17, 15) is 18.0 Å². The topological polar surface area (TPSA) is 65.2 Å². The van der Waals surface area contributed by atoms with Gasteiger partial charge in [0.1, 0.15) is 11.4 Å². The number of hydrogen-bond donors (Lipinski definition) is 1. The second-order valence-corrected chi connectivity index (χ2v) is 5.69. The Labute approximate surface area is 132 Å². The molecule has 1 aliphatic rings. The number of halogens is 3. The van der Waals surface area contributed by atoms with Gasteiger partial charge in [0.05, 0.1) is 19.2 Å². The third-order valence-electron chi connectivity index (χ3n) is 4.15. The van der Waals surface area contributed by atoms with E-state index in [0.29, 0.717) is 24.2 Å². The average molecular weight is 328 g/mol. The van der Waals surface area contributed by atoms with Crippen molar-refractivity contribution in [3.8, 4) is 5.75 Å². The molecule has 2 N–H and O–H groups in total. The van der Waals surface area contributed by atoms with Gasteiger partial charge in [0.15, 0.2) is 0 Å². The Morgan fingerprint density at radius 2 is 2.00 bits per heavy atom. The van der Waals surface area contributed by atoms with Crippen LogP contribution in [0.3, 0.4) is 0 Å². The zero-order valence-electron chi connectivity index (χ0n) is 12.8. The first kappa shape index (κ1) is 17.3. The standard InChI is InChI=1S/C16H19F3N2O2/c1-23-14-9-21-13(15(20)22)8-11(14)5-2-10-3-6-12(7-4-10)16(17,18)19/h2,5,8-10,12H,3-4,6-7H2,1H3,(H2,20,22). The van der Waals surface area contributed by atoms with Gasteiger partial charge in [-0.3, -0.25) is 4.79 Å². The summed E-state index contributed by atoms with van der Waals surface area (Å²) in [5, 5.41) is 0. The van der Waals surface area contributed by atoms with Crippen LogP contribution in [0.1, 0.15) is 41.7 Å². The van der Waals surface area contributed by atoms with Crippen LogP contribution in [-0.4, -0.2) is 24.2 Å². The van der Waals surface area contributed by atoms with Gasteiger partial charge in [-0.25, -0.2) is 4.98 Å². The number of methoxy groups -OCH3 is 1. The van der Waals surface area contributed by atoms with Gasteiger partial charge in [0, 0.05) is 5.56 Å². The molecule has 1 aromatic heterocycles. The lowest BCUT2D eigenvalue weighted by Gasteiger charge is -2.28. The summed E-state index contributed by atoms with van der Waals surface area (Å²) in [7, 11) is 1.48. The summed E-state index contributed by atoms with van der Waals surface area (Å²) < 4.78 is 43.1. The van der Waals surface area contributed by atoms with Crippen molar-refractivity contribution in [2.75, 3.05) is 7.11 Å². The largest absolute Gasteiger partial charge is 0.495 e. The lowest BCUT2D eigenvalue weighted by molar-refractivity contribution is -0.183. The molecule has 126 valence electrons. The first-order chi connectivity index (χ1) is 10.8. The maximum atomic E-state index is 12.7. The van der Waals surface area contributed by atoms with Crippen molar-refractivity contribution >= 4 is 12.0 Å². The number of hydrogen-bond acceptors (Lipinski definition) is 3. The highest BCUT2D eigenvalue weighted by Gasteiger charge is 2.40. The Bertz CT molecular complexity index is 591. The molecule has 0 saturated heterocycles. The Morgan fingerprint density at radius 3 is 2.52 bits per heavy atom. The minimum absolute atomic E-state index is 0.0866. The summed E-state index contributed by atoms with van der Waals surface area (Å²) >= 11 is 0. The highest BCUT2D eigenvalue weighted by molar-refractivity contribution is 5.91. The first-order valence-electron chi connectivity index (χ1n) is 7.40. The molecule has 23 heavy (non-hydrogen) atoms. The molecule has 0 atom stereocenters. The van der Waals surface area contributed by atoms with E-state index in [1.807, 2.05) is 6.08 Å². The summed E-state index contributed by atoms with van der Waals surface area (Å²) in [4.78, 5) is 15.1. The third-order valence-corrected chi connectivity index (χ3v) is 4.15. The van der Waals surface area contributed by atoms with E-state index in [4.69, 9.17) is 10.5 Å². The molecule has 0 unspecified atom stereocenters. The Balaban J connectivity index is 2.06. The summed E-state index contributed by atoms with van der Waals surface area (Å²) in [6, 6.07) is 1.51. The van der Waals surface area contributed by atoms with Gasteiger partial charge in [-0.1, -0.05) is 12.2 Å². The van der Waals surface area contributed by atoms with Crippen molar-refractivity contribution in [3.05, 3.63) is 29.6 Å². The van der Waals surface area contributed by atoms with Crippen LogP contribution in [-0.2, 0) is 0 Å².